The fraction of sp³-hybridized carbons (Fsp3) is 0.186. The lowest BCUT2D eigenvalue weighted by Gasteiger charge is -2.24. The molecule has 0 aliphatic rings. The summed E-state index contributed by atoms with van der Waals surface area (Å²) in [6.07, 6.45) is 0. The van der Waals surface area contributed by atoms with E-state index in [0.29, 0.717) is 11.8 Å². The van der Waals surface area contributed by atoms with E-state index < -0.39 is 0 Å². The number of thiophene rings is 1. The number of ether oxygens (including phenoxy) is 1. The maximum Gasteiger partial charge on any atom is 0.227 e. The van der Waals surface area contributed by atoms with Gasteiger partial charge in [0.1, 0.15) is 17.0 Å². The Morgan fingerprint density at radius 3 is 2.22 bits per heavy atom. The van der Waals surface area contributed by atoms with Gasteiger partial charge in [-0.25, -0.2) is 9.97 Å². The Hall–Kier alpha value is -5.73. The highest BCUT2D eigenvalue weighted by molar-refractivity contribution is 7.26. The molecule has 0 aliphatic heterocycles. The monoisotopic (exact) mass is 685 g/mol. The van der Waals surface area contributed by atoms with Gasteiger partial charge in [0.2, 0.25) is 17.5 Å². The minimum atomic E-state index is -0.243. The second kappa shape index (κ2) is 10.4. The summed E-state index contributed by atoms with van der Waals surface area (Å²) in [4.78, 5) is 15.5. The molecule has 51 heavy (non-hydrogen) atoms. The number of hydrogen-bond acceptors (Lipinski definition) is 6. The van der Waals surface area contributed by atoms with Crippen molar-refractivity contribution in [1.29, 1.82) is 0 Å². The predicted molar refractivity (Wildman–Crippen MR) is 208 cm³/mol. The van der Waals surface area contributed by atoms with Crippen molar-refractivity contribution in [3.63, 3.8) is 0 Å². The van der Waals surface area contributed by atoms with Crippen molar-refractivity contribution in [1.82, 2.24) is 23.9 Å². The zero-order valence-electron chi connectivity index (χ0n) is 29.3. The highest BCUT2D eigenvalue weighted by Gasteiger charge is 2.26. The van der Waals surface area contributed by atoms with Gasteiger partial charge in [0.25, 0.3) is 0 Å². The van der Waals surface area contributed by atoms with E-state index in [2.05, 4.69) is 129 Å². The summed E-state index contributed by atoms with van der Waals surface area (Å²) in [6, 6.07) is 35.6. The summed E-state index contributed by atoms with van der Waals surface area (Å²) < 4.78 is 19.9. The van der Waals surface area contributed by atoms with Crippen LogP contribution in [0.1, 0.15) is 52.7 Å². The van der Waals surface area contributed by atoms with Crippen LogP contribution in [0.15, 0.2) is 108 Å². The Bertz CT molecular complexity index is 2920. The van der Waals surface area contributed by atoms with E-state index in [-0.39, 0.29) is 10.8 Å². The van der Waals surface area contributed by atoms with Gasteiger partial charge >= 0.3 is 0 Å². The van der Waals surface area contributed by atoms with Crippen molar-refractivity contribution in [3.05, 3.63) is 114 Å². The van der Waals surface area contributed by atoms with Crippen molar-refractivity contribution < 1.29 is 9.15 Å². The van der Waals surface area contributed by atoms with E-state index in [0.717, 1.165) is 67.2 Å². The molecule has 0 amide bonds. The first-order valence-electron chi connectivity index (χ1n) is 17.3. The van der Waals surface area contributed by atoms with Gasteiger partial charge in [-0.15, -0.1) is 11.3 Å². The number of aromatic nitrogens is 5. The van der Waals surface area contributed by atoms with E-state index >= 15 is 0 Å². The molecule has 0 fully saturated rings. The third kappa shape index (κ3) is 4.59. The standard InChI is InChI=1S/C43H35N5O2S/c1-42(2,3)25-22-28(24-20-33-39-35(21-24)51-34-17-11-16-32(49-33)38(34)39)44-37(23-25)50-40-26(43(4,5)6)18-19-36(46-40)48-31-15-10-9-14-30(31)47-29-13-8-7-12-27(29)45-41(47)48/h7-23H,1-6H3. The summed E-state index contributed by atoms with van der Waals surface area (Å²) in [7, 11) is 0. The van der Waals surface area contributed by atoms with Crippen LogP contribution in [0.2, 0.25) is 0 Å². The molecular weight excluding hydrogens is 651 g/mol. The zero-order valence-corrected chi connectivity index (χ0v) is 30.1. The van der Waals surface area contributed by atoms with Gasteiger partial charge in [0.05, 0.1) is 27.8 Å². The van der Waals surface area contributed by atoms with Crippen LogP contribution in [0.25, 0.3) is 76.3 Å². The minimum Gasteiger partial charge on any atom is -0.456 e. The highest BCUT2D eigenvalue weighted by Crippen LogP contribution is 2.45. The molecule has 7 nitrogen and oxygen atoms in total. The number of fused-ring (bicyclic) bond motifs is 5. The van der Waals surface area contributed by atoms with Gasteiger partial charge in [0, 0.05) is 37.4 Å². The molecule has 6 heterocycles. The first-order valence-corrected chi connectivity index (χ1v) is 18.1. The zero-order chi connectivity index (χ0) is 34.8. The molecule has 0 N–H and O–H groups in total. The molecule has 0 aliphatic carbocycles. The quantitative estimate of drug-likeness (QED) is 0.184. The Morgan fingerprint density at radius 2 is 1.41 bits per heavy atom. The number of pyridine rings is 2. The topological polar surface area (TPSA) is 70.4 Å². The summed E-state index contributed by atoms with van der Waals surface area (Å²) in [6.45, 7) is 13.2. The second-order valence-electron chi connectivity index (χ2n) is 15.4. The van der Waals surface area contributed by atoms with Crippen LogP contribution in [0.3, 0.4) is 0 Å². The molecule has 10 aromatic rings. The van der Waals surface area contributed by atoms with Crippen LogP contribution in [0.4, 0.5) is 0 Å². The largest absolute Gasteiger partial charge is 0.456 e. The van der Waals surface area contributed by atoms with Gasteiger partial charge < -0.3 is 9.15 Å². The number of hydrogen-bond donors (Lipinski definition) is 0. The molecule has 0 saturated carbocycles. The highest BCUT2D eigenvalue weighted by atomic mass is 32.1. The fourth-order valence-electron chi connectivity index (χ4n) is 7.33. The number of nitrogens with zero attached hydrogens (tertiary/aromatic N) is 5. The Labute approximate surface area is 298 Å². The molecule has 0 saturated heterocycles. The van der Waals surface area contributed by atoms with E-state index in [1.165, 1.54) is 20.2 Å². The average molecular weight is 686 g/mol. The minimum absolute atomic E-state index is 0.154. The van der Waals surface area contributed by atoms with Crippen LogP contribution in [0.5, 0.6) is 11.8 Å². The van der Waals surface area contributed by atoms with Crippen LogP contribution in [-0.4, -0.2) is 23.9 Å². The van der Waals surface area contributed by atoms with Crippen molar-refractivity contribution in [2.45, 2.75) is 52.4 Å². The van der Waals surface area contributed by atoms with Gasteiger partial charge in [0.15, 0.2) is 0 Å². The Balaban J connectivity index is 1.15. The van der Waals surface area contributed by atoms with Crippen molar-refractivity contribution >= 4 is 70.5 Å². The number of benzene rings is 4. The molecular formula is C43H35N5O2S. The predicted octanol–water partition coefficient (Wildman–Crippen LogP) is 11.8. The Morgan fingerprint density at radius 1 is 0.647 bits per heavy atom. The van der Waals surface area contributed by atoms with Gasteiger partial charge in [-0.3, -0.25) is 8.97 Å². The number of rotatable bonds is 4. The summed E-state index contributed by atoms with van der Waals surface area (Å²) in [5, 5.41) is 2.39. The van der Waals surface area contributed by atoms with Crippen LogP contribution < -0.4 is 4.74 Å². The molecule has 8 heteroatoms. The number of imidazole rings is 2. The third-order valence-electron chi connectivity index (χ3n) is 9.90. The molecule has 6 aromatic heterocycles. The maximum atomic E-state index is 6.85. The van der Waals surface area contributed by atoms with E-state index in [4.69, 9.17) is 24.1 Å². The van der Waals surface area contributed by atoms with E-state index in [1.54, 1.807) is 11.3 Å². The summed E-state index contributed by atoms with van der Waals surface area (Å²) in [5.41, 5.74) is 9.39. The van der Waals surface area contributed by atoms with Crippen LogP contribution in [-0.2, 0) is 10.8 Å². The second-order valence-corrected chi connectivity index (χ2v) is 16.5. The average Bonchev–Trinajstić information content (AvgIpc) is 3.85. The molecule has 0 bridgehead atoms. The maximum absolute atomic E-state index is 6.85. The molecule has 0 radical (unpaired) electrons. The third-order valence-corrected chi connectivity index (χ3v) is 11.0. The molecule has 0 unspecified atom stereocenters. The van der Waals surface area contributed by atoms with Crippen LogP contribution >= 0.6 is 11.3 Å². The molecule has 0 spiro atoms. The molecule has 10 rings (SSSR count). The fourth-order valence-corrected chi connectivity index (χ4v) is 8.51. The van der Waals surface area contributed by atoms with E-state index in [1.807, 2.05) is 24.3 Å². The first kappa shape index (κ1) is 30.1. The van der Waals surface area contributed by atoms with Crippen molar-refractivity contribution in [2.75, 3.05) is 0 Å². The first-order chi connectivity index (χ1) is 24.5. The number of para-hydroxylation sites is 4. The number of furan rings is 1. The van der Waals surface area contributed by atoms with E-state index in [9.17, 15) is 0 Å². The lowest BCUT2D eigenvalue weighted by molar-refractivity contribution is 0.420. The molecule has 4 aromatic carbocycles. The lowest BCUT2D eigenvalue weighted by atomic mass is 9.86. The lowest BCUT2D eigenvalue weighted by Crippen LogP contribution is -2.15. The van der Waals surface area contributed by atoms with Gasteiger partial charge in [-0.05, 0) is 83.1 Å². The normalized spacial score (nSPS) is 12.9. The summed E-state index contributed by atoms with van der Waals surface area (Å²) >= 11 is 1.79. The van der Waals surface area contributed by atoms with Crippen LogP contribution in [0, 0.1) is 0 Å². The van der Waals surface area contributed by atoms with Crippen molar-refractivity contribution in [3.8, 4) is 28.8 Å². The molecule has 0 atom stereocenters. The van der Waals surface area contributed by atoms with Gasteiger partial charge in [-0.2, -0.15) is 4.98 Å². The molecule has 250 valence electrons. The smallest absolute Gasteiger partial charge is 0.227 e. The summed E-state index contributed by atoms with van der Waals surface area (Å²) in [5.74, 6) is 2.54. The SMILES string of the molecule is CC(C)(C)c1cc(Oc2nc(-n3c4ccccc4n4c5ccccc5nc34)ccc2C(C)(C)C)nc(-c2cc3oc4cccc5sc(c2)c3c45)c1. The van der Waals surface area contributed by atoms with Gasteiger partial charge in [-0.1, -0.05) is 71.9 Å². The van der Waals surface area contributed by atoms with Crippen molar-refractivity contribution in [2.24, 2.45) is 0 Å². The Kier molecular flexibility index (Phi) is 6.14.